The first-order chi connectivity index (χ1) is 9.40. The fraction of sp³-hybridized carbons (Fsp3) is 0.133. The van der Waals surface area contributed by atoms with Crippen LogP contribution in [0.25, 0.3) is 0 Å². The summed E-state index contributed by atoms with van der Waals surface area (Å²) in [5.41, 5.74) is 2.23. The minimum atomic E-state index is 0.671. The molecular weight excluding hydrogens is 238 g/mol. The van der Waals surface area contributed by atoms with Crippen molar-refractivity contribution in [2.45, 2.75) is 13.1 Å². The zero-order valence-electron chi connectivity index (χ0n) is 10.5. The molecule has 0 saturated heterocycles. The molecule has 0 aliphatic heterocycles. The van der Waals surface area contributed by atoms with Gasteiger partial charge in [0.1, 0.15) is 5.76 Å². The standard InChI is InChI=1S/C15H15N3O/c1-2-5-13(6-3-1)11-18-12-14(9-17-18)16-10-15-7-4-8-19-15/h1-9,12,16H,10-11H2. The lowest BCUT2D eigenvalue weighted by Crippen LogP contribution is -2.00. The molecule has 0 aliphatic carbocycles. The van der Waals surface area contributed by atoms with E-state index < -0.39 is 0 Å². The first-order valence-electron chi connectivity index (χ1n) is 6.23. The van der Waals surface area contributed by atoms with E-state index in [1.54, 1.807) is 6.26 Å². The maximum atomic E-state index is 5.27. The van der Waals surface area contributed by atoms with E-state index in [0.717, 1.165) is 18.0 Å². The van der Waals surface area contributed by atoms with Gasteiger partial charge in [0.25, 0.3) is 0 Å². The second-order valence-corrected chi connectivity index (χ2v) is 4.35. The molecule has 0 spiro atoms. The van der Waals surface area contributed by atoms with Crippen LogP contribution < -0.4 is 5.32 Å². The highest BCUT2D eigenvalue weighted by atomic mass is 16.3. The second kappa shape index (κ2) is 5.44. The number of nitrogens with zero attached hydrogens (tertiary/aromatic N) is 2. The average molecular weight is 253 g/mol. The lowest BCUT2D eigenvalue weighted by Gasteiger charge is -2.01. The maximum absolute atomic E-state index is 5.27. The molecule has 4 nitrogen and oxygen atoms in total. The molecule has 0 radical (unpaired) electrons. The van der Waals surface area contributed by atoms with Crippen molar-refractivity contribution >= 4 is 5.69 Å². The number of rotatable bonds is 5. The normalized spacial score (nSPS) is 10.5. The van der Waals surface area contributed by atoms with Crippen molar-refractivity contribution in [1.82, 2.24) is 9.78 Å². The summed E-state index contributed by atoms with van der Waals surface area (Å²) in [6, 6.07) is 14.1. The summed E-state index contributed by atoms with van der Waals surface area (Å²) in [6.07, 6.45) is 5.50. The smallest absolute Gasteiger partial charge is 0.122 e. The van der Waals surface area contributed by atoms with Crippen LogP contribution in [0.5, 0.6) is 0 Å². The molecule has 0 fully saturated rings. The summed E-state index contributed by atoms with van der Waals surface area (Å²) in [5, 5.41) is 7.61. The quantitative estimate of drug-likeness (QED) is 0.759. The number of hydrogen-bond donors (Lipinski definition) is 1. The average Bonchev–Trinajstić information content (AvgIpc) is 3.09. The van der Waals surface area contributed by atoms with Gasteiger partial charge >= 0.3 is 0 Å². The topological polar surface area (TPSA) is 43.0 Å². The Morgan fingerprint density at radius 1 is 1.11 bits per heavy atom. The van der Waals surface area contributed by atoms with Gasteiger partial charge < -0.3 is 9.73 Å². The van der Waals surface area contributed by atoms with E-state index in [2.05, 4.69) is 22.5 Å². The van der Waals surface area contributed by atoms with Crippen LogP contribution in [0.15, 0.2) is 65.5 Å². The van der Waals surface area contributed by atoms with Gasteiger partial charge in [0, 0.05) is 6.20 Å². The van der Waals surface area contributed by atoms with Gasteiger partial charge in [-0.3, -0.25) is 4.68 Å². The highest BCUT2D eigenvalue weighted by molar-refractivity contribution is 5.38. The van der Waals surface area contributed by atoms with Crippen LogP contribution in [0.4, 0.5) is 5.69 Å². The fourth-order valence-corrected chi connectivity index (χ4v) is 1.91. The molecule has 19 heavy (non-hydrogen) atoms. The molecule has 1 N–H and O–H groups in total. The highest BCUT2D eigenvalue weighted by Crippen LogP contribution is 2.10. The number of aromatic nitrogens is 2. The zero-order valence-corrected chi connectivity index (χ0v) is 10.5. The van der Waals surface area contributed by atoms with Crippen LogP contribution >= 0.6 is 0 Å². The molecule has 2 aromatic heterocycles. The second-order valence-electron chi connectivity index (χ2n) is 4.35. The number of anilines is 1. The molecule has 0 bridgehead atoms. The van der Waals surface area contributed by atoms with Gasteiger partial charge in [-0.2, -0.15) is 5.10 Å². The van der Waals surface area contributed by atoms with E-state index in [-0.39, 0.29) is 0 Å². The van der Waals surface area contributed by atoms with E-state index in [9.17, 15) is 0 Å². The molecule has 4 heteroatoms. The molecule has 3 aromatic rings. The Labute approximate surface area is 111 Å². The molecule has 0 amide bonds. The monoisotopic (exact) mass is 253 g/mol. The van der Waals surface area contributed by atoms with Gasteiger partial charge in [0.15, 0.2) is 0 Å². The van der Waals surface area contributed by atoms with Crippen molar-refractivity contribution in [2.75, 3.05) is 5.32 Å². The van der Waals surface area contributed by atoms with E-state index in [4.69, 9.17) is 4.42 Å². The van der Waals surface area contributed by atoms with Gasteiger partial charge in [-0.1, -0.05) is 30.3 Å². The van der Waals surface area contributed by atoms with Gasteiger partial charge in [0.05, 0.1) is 31.2 Å². The fourth-order valence-electron chi connectivity index (χ4n) is 1.91. The Morgan fingerprint density at radius 2 is 2.00 bits per heavy atom. The van der Waals surface area contributed by atoms with Crippen molar-refractivity contribution in [1.29, 1.82) is 0 Å². The number of benzene rings is 1. The Hall–Kier alpha value is -2.49. The van der Waals surface area contributed by atoms with E-state index in [1.807, 2.05) is 47.4 Å². The van der Waals surface area contributed by atoms with Crippen LogP contribution in [0.1, 0.15) is 11.3 Å². The Bertz CT molecular complexity index is 614. The molecule has 96 valence electrons. The van der Waals surface area contributed by atoms with Crippen molar-refractivity contribution in [2.24, 2.45) is 0 Å². The molecule has 0 saturated carbocycles. The number of furan rings is 1. The number of hydrogen-bond acceptors (Lipinski definition) is 3. The van der Waals surface area contributed by atoms with Crippen LogP contribution in [-0.2, 0) is 13.1 Å². The lowest BCUT2D eigenvalue weighted by molar-refractivity contribution is 0.518. The lowest BCUT2D eigenvalue weighted by atomic mass is 10.2. The number of nitrogens with one attached hydrogen (secondary N) is 1. The van der Waals surface area contributed by atoms with Crippen molar-refractivity contribution < 1.29 is 4.42 Å². The van der Waals surface area contributed by atoms with Crippen LogP contribution in [0.2, 0.25) is 0 Å². The van der Waals surface area contributed by atoms with Crippen LogP contribution in [0.3, 0.4) is 0 Å². The summed E-state index contributed by atoms with van der Waals surface area (Å²) in [7, 11) is 0. The first kappa shape index (κ1) is 11.6. The van der Waals surface area contributed by atoms with Gasteiger partial charge in [-0.25, -0.2) is 0 Å². The SMILES string of the molecule is c1ccc(Cn2cc(NCc3ccco3)cn2)cc1. The predicted octanol–water partition coefficient (Wildman–Crippen LogP) is 3.14. The van der Waals surface area contributed by atoms with Crippen molar-refractivity contribution in [3.63, 3.8) is 0 Å². The predicted molar refractivity (Wildman–Crippen MR) is 73.8 cm³/mol. The summed E-state index contributed by atoms with van der Waals surface area (Å²) >= 11 is 0. The summed E-state index contributed by atoms with van der Waals surface area (Å²) < 4.78 is 7.18. The zero-order chi connectivity index (χ0) is 12.9. The summed E-state index contributed by atoms with van der Waals surface area (Å²) in [4.78, 5) is 0. The minimum absolute atomic E-state index is 0.671. The highest BCUT2D eigenvalue weighted by Gasteiger charge is 2.00. The molecule has 2 heterocycles. The largest absolute Gasteiger partial charge is 0.467 e. The first-order valence-corrected chi connectivity index (χ1v) is 6.23. The van der Waals surface area contributed by atoms with Crippen molar-refractivity contribution in [3.05, 3.63) is 72.4 Å². The van der Waals surface area contributed by atoms with Gasteiger partial charge in [0.2, 0.25) is 0 Å². The molecule has 3 rings (SSSR count). The maximum Gasteiger partial charge on any atom is 0.122 e. The summed E-state index contributed by atoms with van der Waals surface area (Å²) in [5.74, 6) is 0.913. The van der Waals surface area contributed by atoms with Gasteiger partial charge in [-0.15, -0.1) is 0 Å². The van der Waals surface area contributed by atoms with E-state index >= 15 is 0 Å². The van der Waals surface area contributed by atoms with Crippen LogP contribution in [-0.4, -0.2) is 9.78 Å². The Morgan fingerprint density at radius 3 is 2.79 bits per heavy atom. The third-order valence-electron chi connectivity index (χ3n) is 2.87. The molecular formula is C15H15N3O. The molecule has 0 aliphatic rings. The molecule has 0 unspecified atom stereocenters. The van der Waals surface area contributed by atoms with E-state index in [0.29, 0.717) is 6.54 Å². The third kappa shape index (κ3) is 3.04. The Balaban J connectivity index is 1.60. The molecule has 0 atom stereocenters. The summed E-state index contributed by atoms with van der Waals surface area (Å²) in [6.45, 7) is 1.45. The van der Waals surface area contributed by atoms with Gasteiger partial charge in [-0.05, 0) is 17.7 Å². The van der Waals surface area contributed by atoms with E-state index in [1.165, 1.54) is 5.56 Å². The Kier molecular flexibility index (Phi) is 3.32. The third-order valence-corrected chi connectivity index (χ3v) is 2.87. The van der Waals surface area contributed by atoms with Crippen molar-refractivity contribution in [3.8, 4) is 0 Å². The minimum Gasteiger partial charge on any atom is -0.467 e. The molecule has 1 aromatic carbocycles. The van der Waals surface area contributed by atoms with Crippen LogP contribution in [0, 0.1) is 0 Å².